The highest BCUT2D eigenvalue weighted by Gasteiger charge is 2.21. The number of hydrogen-bond acceptors (Lipinski definition) is 4. The summed E-state index contributed by atoms with van der Waals surface area (Å²) >= 11 is 0. The van der Waals surface area contributed by atoms with Gasteiger partial charge in [-0.1, -0.05) is 66.7 Å². The van der Waals surface area contributed by atoms with Gasteiger partial charge in [0.2, 0.25) is 10.0 Å². The van der Waals surface area contributed by atoms with E-state index >= 15 is 0 Å². The highest BCUT2D eigenvalue weighted by Crippen LogP contribution is 2.21. The third-order valence-electron chi connectivity index (χ3n) is 5.20. The molecule has 4 aromatic rings. The average Bonchev–Trinajstić information content (AvgIpc) is 2.82. The maximum absolute atomic E-state index is 13.2. The van der Waals surface area contributed by atoms with E-state index in [2.05, 4.69) is 27.2 Å². The number of nitrogens with zero attached hydrogens (tertiary/aromatic N) is 1. The molecule has 5 nitrogen and oxygen atoms in total. The van der Waals surface area contributed by atoms with Crippen molar-refractivity contribution in [2.24, 2.45) is 0 Å². The standard InChI is InChI=1S/C25H25N3O2S.ClH/c29-31(30,24-12-11-23-18-26-16-14-22(23)17-24)28-25(21-9-5-2-6-10-21)19-27-15-13-20-7-3-1-4-8-20;/h1-12,14,16-18,25,27-28H,13,15,19H2;1H. The van der Waals surface area contributed by atoms with Gasteiger partial charge in [0.25, 0.3) is 0 Å². The Kier molecular flexibility index (Phi) is 8.36. The molecule has 0 aliphatic rings. The molecule has 0 aliphatic carbocycles. The van der Waals surface area contributed by atoms with Gasteiger partial charge in [0.1, 0.15) is 0 Å². The first-order valence-electron chi connectivity index (χ1n) is 10.3. The Morgan fingerprint density at radius 1 is 0.844 bits per heavy atom. The van der Waals surface area contributed by atoms with E-state index < -0.39 is 10.0 Å². The maximum Gasteiger partial charge on any atom is 0.241 e. The van der Waals surface area contributed by atoms with Gasteiger partial charge in [0.05, 0.1) is 10.9 Å². The first-order chi connectivity index (χ1) is 15.1. The molecule has 0 fully saturated rings. The molecule has 1 unspecified atom stereocenters. The van der Waals surface area contributed by atoms with E-state index in [-0.39, 0.29) is 23.3 Å². The summed E-state index contributed by atoms with van der Waals surface area (Å²) in [5.41, 5.74) is 2.17. The number of pyridine rings is 1. The zero-order valence-corrected chi connectivity index (χ0v) is 19.1. The van der Waals surface area contributed by atoms with Crippen LogP contribution in [0, 0.1) is 0 Å². The second kappa shape index (κ2) is 11.2. The molecule has 0 saturated heterocycles. The molecule has 0 saturated carbocycles. The number of rotatable bonds is 9. The Balaban J connectivity index is 0.00000289. The second-order valence-corrected chi connectivity index (χ2v) is 9.12. The fourth-order valence-electron chi connectivity index (χ4n) is 3.52. The Bertz CT molecular complexity index is 1240. The summed E-state index contributed by atoms with van der Waals surface area (Å²) < 4.78 is 29.2. The van der Waals surface area contributed by atoms with Crippen molar-refractivity contribution < 1.29 is 8.42 Å². The average molecular weight is 468 g/mol. The van der Waals surface area contributed by atoms with Crippen molar-refractivity contribution in [3.63, 3.8) is 0 Å². The minimum Gasteiger partial charge on any atom is -0.314 e. The number of fused-ring (bicyclic) bond motifs is 1. The van der Waals surface area contributed by atoms with Crippen molar-refractivity contribution in [2.45, 2.75) is 17.4 Å². The lowest BCUT2D eigenvalue weighted by Gasteiger charge is -2.20. The van der Waals surface area contributed by atoms with Crippen molar-refractivity contribution >= 4 is 33.2 Å². The van der Waals surface area contributed by atoms with Crippen LogP contribution >= 0.6 is 12.4 Å². The van der Waals surface area contributed by atoms with Gasteiger partial charge in [-0.25, -0.2) is 13.1 Å². The summed E-state index contributed by atoms with van der Waals surface area (Å²) in [5.74, 6) is 0. The van der Waals surface area contributed by atoms with Crippen LogP contribution in [0.5, 0.6) is 0 Å². The molecular formula is C25H26ClN3O2S. The normalized spacial score (nSPS) is 12.2. The lowest BCUT2D eigenvalue weighted by atomic mass is 10.1. The van der Waals surface area contributed by atoms with Gasteiger partial charge in [-0.15, -0.1) is 12.4 Å². The predicted octanol–water partition coefficient (Wildman–Crippen LogP) is 4.51. The topological polar surface area (TPSA) is 71.1 Å². The van der Waals surface area contributed by atoms with Gasteiger partial charge in [0, 0.05) is 24.3 Å². The summed E-state index contributed by atoms with van der Waals surface area (Å²) in [6, 6.07) is 26.4. The van der Waals surface area contributed by atoms with Crippen LogP contribution in [0.15, 0.2) is 102 Å². The maximum atomic E-state index is 13.2. The molecule has 1 atom stereocenters. The van der Waals surface area contributed by atoms with Crippen molar-refractivity contribution in [1.29, 1.82) is 0 Å². The number of sulfonamides is 1. The number of hydrogen-bond donors (Lipinski definition) is 2. The van der Waals surface area contributed by atoms with Gasteiger partial charge in [-0.3, -0.25) is 4.98 Å². The Morgan fingerprint density at radius 3 is 2.31 bits per heavy atom. The van der Waals surface area contributed by atoms with E-state index in [0.29, 0.717) is 6.54 Å². The third-order valence-corrected chi connectivity index (χ3v) is 6.67. The first kappa shape index (κ1) is 23.9. The van der Waals surface area contributed by atoms with Crippen LogP contribution in [-0.4, -0.2) is 26.5 Å². The van der Waals surface area contributed by atoms with E-state index in [1.165, 1.54) is 5.56 Å². The Hall–Kier alpha value is -2.77. The van der Waals surface area contributed by atoms with E-state index in [1.54, 1.807) is 30.6 Å². The Labute approximate surface area is 195 Å². The molecule has 4 rings (SSSR count). The molecule has 0 radical (unpaired) electrons. The van der Waals surface area contributed by atoms with E-state index in [1.807, 2.05) is 54.6 Å². The molecule has 0 amide bonds. The quantitative estimate of drug-likeness (QED) is 0.355. The number of benzene rings is 3. The molecular weight excluding hydrogens is 442 g/mol. The van der Waals surface area contributed by atoms with Crippen molar-refractivity contribution in [2.75, 3.05) is 13.1 Å². The fraction of sp³-hybridized carbons (Fsp3) is 0.160. The van der Waals surface area contributed by atoms with E-state index in [9.17, 15) is 8.42 Å². The number of aromatic nitrogens is 1. The van der Waals surface area contributed by atoms with Crippen molar-refractivity contribution in [3.8, 4) is 0 Å². The van der Waals surface area contributed by atoms with Crippen LogP contribution < -0.4 is 10.0 Å². The first-order valence-corrected chi connectivity index (χ1v) is 11.8. The molecule has 7 heteroatoms. The molecule has 0 spiro atoms. The lowest BCUT2D eigenvalue weighted by molar-refractivity contribution is 0.529. The van der Waals surface area contributed by atoms with Crippen molar-refractivity contribution in [3.05, 3.63) is 108 Å². The van der Waals surface area contributed by atoms with Crippen LogP contribution in [-0.2, 0) is 16.4 Å². The minimum absolute atomic E-state index is 0. The zero-order valence-electron chi connectivity index (χ0n) is 17.5. The molecule has 2 N–H and O–H groups in total. The van der Waals surface area contributed by atoms with Crippen LogP contribution in [0.3, 0.4) is 0 Å². The van der Waals surface area contributed by atoms with Crippen molar-refractivity contribution in [1.82, 2.24) is 15.0 Å². The van der Waals surface area contributed by atoms with Gasteiger partial charge >= 0.3 is 0 Å². The molecule has 32 heavy (non-hydrogen) atoms. The Morgan fingerprint density at radius 2 is 1.56 bits per heavy atom. The van der Waals surface area contributed by atoms with Crippen LogP contribution in [0.1, 0.15) is 17.2 Å². The second-order valence-electron chi connectivity index (χ2n) is 7.41. The highest BCUT2D eigenvalue weighted by atomic mass is 35.5. The van der Waals surface area contributed by atoms with Gasteiger partial charge in [-0.05, 0) is 47.7 Å². The van der Waals surface area contributed by atoms with Crippen LogP contribution in [0.2, 0.25) is 0 Å². The van der Waals surface area contributed by atoms with Gasteiger partial charge < -0.3 is 5.32 Å². The summed E-state index contributed by atoms with van der Waals surface area (Å²) in [4.78, 5) is 4.33. The molecule has 0 bridgehead atoms. The molecule has 0 aliphatic heterocycles. The fourth-order valence-corrected chi connectivity index (χ4v) is 4.78. The SMILES string of the molecule is Cl.O=S(=O)(NC(CNCCc1ccccc1)c1ccccc1)c1ccc2cnccc2c1. The van der Waals surface area contributed by atoms with Gasteiger partial charge in [-0.2, -0.15) is 0 Å². The predicted molar refractivity (Wildman–Crippen MR) is 132 cm³/mol. The van der Waals surface area contributed by atoms with Gasteiger partial charge in [0.15, 0.2) is 0 Å². The number of halogens is 1. The third kappa shape index (κ3) is 6.14. The summed E-state index contributed by atoms with van der Waals surface area (Å²) in [7, 11) is -3.70. The number of nitrogens with one attached hydrogen (secondary N) is 2. The lowest BCUT2D eigenvalue weighted by Crippen LogP contribution is -2.36. The smallest absolute Gasteiger partial charge is 0.241 e. The zero-order chi connectivity index (χ0) is 21.5. The molecule has 3 aromatic carbocycles. The monoisotopic (exact) mass is 467 g/mol. The highest BCUT2D eigenvalue weighted by molar-refractivity contribution is 7.89. The van der Waals surface area contributed by atoms with E-state index in [0.717, 1.165) is 29.3 Å². The summed E-state index contributed by atoms with van der Waals surface area (Å²) in [5, 5.41) is 5.15. The molecule has 1 heterocycles. The van der Waals surface area contributed by atoms with Crippen LogP contribution in [0.4, 0.5) is 0 Å². The summed E-state index contributed by atoms with van der Waals surface area (Å²) in [6.45, 7) is 1.26. The molecule has 1 aromatic heterocycles. The largest absolute Gasteiger partial charge is 0.314 e. The minimum atomic E-state index is -3.70. The van der Waals surface area contributed by atoms with E-state index in [4.69, 9.17) is 0 Å². The molecule has 166 valence electrons. The summed E-state index contributed by atoms with van der Waals surface area (Å²) in [6.07, 6.45) is 4.27. The van der Waals surface area contributed by atoms with Crippen LogP contribution in [0.25, 0.3) is 10.8 Å².